The van der Waals surface area contributed by atoms with Gasteiger partial charge in [0.1, 0.15) is 5.75 Å². The second-order valence-corrected chi connectivity index (χ2v) is 4.96. The van der Waals surface area contributed by atoms with Crippen LogP contribution in [0.3, 0.4) is 0 Å². The van der Waals surface area contributed by atoms with Crippen molar-refractivity contribution in [2.75, 3.05) is 5.73 Å². The van der Waals surface area contributed by atoms with Crippen molar-refractivity contribution in [3.8, 4) is 17.1 Å². The molecule has 1 aliphatic rings. The molecule has 0 aliphatic heterocycles. The molecule has 1 fully saturated rings. The summed E-state index contributed by atoms with van der Waals surface area (Å²) in [5.41, 5.74) is 7.41. The number of hydrogen-bond acceptors (Lipinski definition) is 4. The third kappa shape index (κ3) is 2.16. The number of rotatable bonds is 3. The predicted octanol–water partition coefficient (Wildman–Crippen LogP) is 3.43. The Balaban J connectivity index is 2.09. The molecule has 3 rings (SSSR count). The van der Waals surface area contributed by atoms with Gasteiger partial charge >= 0.3 is 0 Å². The van der Waals surface area contributed by atoms with E-state index in [0.29, 0.717) is 22.4 Å². The highest BCUT2D eigenvalue weighted by atomic mass is 35.5. The topological polar surface area (TPSA) is 61.3 Å². The normalized spacial score (nSPS) is 14.8. The summed E-state index contributed by atoms with van der Waals surface area (Å²) in [6, 6.07) is 5.51. The quantitative estimate of drug-likeness (QED) is 0.923. The summed E-state index contributed by atoms with van der Waals surface area (Å²) in [5.74, 6) is 1.58. The van der Waals surface area contributed by atoms with Crippen molar-refractivity contribution in [3.63, 3.8) is 0 Å². The lowest BCUT2D eigenvalue weighted by Gasteiger charge is -2.11. The van der Waals surface area contributed by atoms with Gasteiger partial charge in [-0.15, -0.1) is 0 Å². The van der Waals surface area contributed by atoms with E-state index >= 15 is 0 Å². The maximum Gasteiger partial charge on any atom is 0.172 e. The molecule has 2 aromatic rings. The van der Waals surface area contributed by atoms with Gasteiger partial charge in [0.25, 0.3) is 0 Å². The number of nitrogen functional groups attached to an aromatic ring is 1. The number of aromatic nitrogens is 1. The molecule has 0 unspecified atom stereocenters. The SMILES string of the molecule is Cc1cc(Cl)c(OC2CC2)c(-c2cc(N)no2)c1. The van der Waals surface area contributed by atoms with Crippen LogP contribution in [0.5, 0.6) is 5.75 Å². The molecule has 0 spiro atoms. The first-order valence-electron chi connectivity index (χ1n) is 5.83. The molecule has 1 heterocycles. The zero-order valence-electron chi connectivity index (χ0n) is 9.94. The van der Waals surface area contributed by atoms with E-state index in [0.717, 1.165) is 24.0 Å². The van der Waals surface area contributed by atoms with E-state index in [2.05, 4.69) is 5.16 Å². The van der Waals surface area contributed by atoms with Gasteiger partial charge in [0.15, 0.2) is 11.6 Å². The Hall–Kier alpha value is -1.68. The first kappa shape index (κ1) is 11.4. The van der Waals surface area contributed by atoms with Crippen LogP contribution in [0.1, 0.15) is 18.4 Å². The molecular formula is C13H13ClN2O2. The van der Waals surface area contributed by atoms with Gasteiger partial charge in [-0.2, -0.15) is 0 Å². The van der Waals surface area contributed by atoms with Gasteiger partial charge in [-0.3, -0.25) is 0 Å². The van der Waals surface area contributed by atoms with Gasteiger partial charge in [-0.05, 0) is 37.5 Å². The van der Waals surface area contributed by atoms with E-state index < -0.39 is 0 Å². The Kier molecular flexibility index (Phi) is 2.67. The average molecular weight is 265 g/mol. The Labute approximate surface area is 110 Å². The number of nitrogens with zero attached hydrogens (tertiary/aromatic N) is 1. The molecular weight excluding hydrogens is 252 g/mol. The van der Waals surface area contributed by atoms with Gasteiger partial charge in [0, 0.05) is 6.07 Å². The van der Waals surface area contributed by atoms with Crippen molar-refractivity contribution in [2.24, 2.45) is 0 Å². The molecule has 18 heavy (non-hydrogen) atoms. The fourth-order valence-electron chi connectivity index (χ4n) is 1.80. The summed E-state index contributed by atoms with van der Waals surface area (Å²) in [4.78, 5) is 0. The zero-order chi connectivity index (χ0) is 12.7. The Morgan fingerprint density at radius 2 is 2.17 bits per heavy atom. The fraction of sp³-hybridized carbons (Fsp3) is 0.308. The minimum atomic E-state index is 0.268. The average Bonchev–Trinajstić information content (AvgIpc) is 3.03. The molecule has 1 aliphatic carbocycles. The second-order valence-electron chi connectivity index (χ2n) is 4.56. The minimum Gasteiger partial charge on any atom is -0.488 e. The number of ether oxygens (including phenoxy) is 1. The molecule has 94 valence electrons. The van der Waals surface area contributed by atoms with Crippen LogP contribution < -0.4 is 10.5 Å². The molecule has 0 amide bonds. The monoisotopic (exact) mass is 264 g/mol. The van der Waals surface area contributed by atoms with Gasteiger partial charge in [0.2, 0.25) is 0 Å². The van der Waals surface area contributed by atoms with Gasteiger partial charge in [0.05, 0.1) is 16.7 Å². The van der Waals surface area contributed by atoms with Crippen molar-refractivity contribution < 1.29 is 9.26 Å². The van der Waals surface area contributed by atoms with Crippen LogP contribution in [0.25, 0.3) is 11.3 Å². The third-order valence-electron chi connectivity index (χ3n) is 2.79. The number of aryl methyl sites for hydroxylation is 1. The van der Waals surface area contributed by atoms with Gasteiger partial charge < -0.3 is 15.0 Å². The summed E-state index contributed by atoms with van der Waals surface area (Å²) >= 11 is 6.24. The molecule has 0 atom stereocenters. The fourth-order valence-corrected chi connectivity index (χ4v) is 2.12. The van der Waals surface area contributed by atoms with Crippen LogP contribution >= 0.6 is 11.6 Å². The number of hydrogen-bond donors (Lipinski definition) is 1. The van der Waals surface area contributed by atoms with Crippen molar-refractivity contribution >= 4 is 17.4 Å². The summed E-state index contributed by atoms with van der Waals surface area (Å²) in [6.07, 6.45) is 2.41. The van der Waals surface area contributed by atoms with Crippen LogP contribution in [0.2, 0.25) is 5.02 Å². The molecule has 2 N–H and O–H groups in total. The molecule has 0 bridgehead atoms. The number of benzene rings is 1. The zero-order valence-corrected chi connectivity index (χ0v) is 10.7. The number of halogens is 1. The standard InChI is InChI=1S/C13H13ClN2O2/c1-7-4-9(11-6-12(15)16-18-11)13(10(14)5-7)17-8-2-3-8/h4-6,8H,2-3H2,1H3,(H2,15,16). The summed E-state index contributed by atoms with van der Waals surface area (Å²) in [7, 11) is 0. The van der Waals surface area contributed by atoms with Crippen LogP contribution in [-0.4, -0.2) is 11.3 Å². The van der Waals surface area contributed by atoms with E-state index in [4.69, 9.17) is 26.6 Å². The molecule has 4 nitrogen and oxygen atoms in total. The van der Waals surface area contributed by atoms with E-state index in [-0.39, 0.29) is 6.10 Å². The van der Waals surface area contributed by atoms with Crippen LogP contribution in [-0.2, 0) is 0 Å². The number of anilines is 1. The van der Waals surface area contributed by atoms with Crippen molar-refractivity contribution in [1.82, 2.24) is 5.16 Å². The Morgan fingerprint density at radius 1 is 1.39 bits per heavy atom. The van der Waals surface area contributed by atoms with Crippen molar-refractivity contribution in [2.45, 2.75) is 25.9 Å². The van der Waals surface area contributed by atoms with Gasteiger partial charge in [-0.25, -0.2) is 0 Å². The lowest BCUT2D eigenvalue weighted by molar-refractivity contribution is 0.303. The summed E-state index contributed by atoms with van der Waals surface area (Å²) in [6.45, 7) is 1.97. The third-order valence-corrected chi connectivity index (χ3v) is 3.07. The highest BCUT2D eigenvalue weighted by Crippen LogP contribution is 2.41. The molecule has 1 aromatic carbocycles. The Bertz CT molecular complexity index is 591. The maximum atomic E-state index is 6.24. The van der Waals surface area contributed by atoms with E-state index in [1.165, 1.54) is 0 Å². The molecule has 0 radical (unpaired) electrons. The second kappa shape index (κ2) is 4.21. The van der Waals surface area contributed by atoms with E-state index in [1.54, 1.807) is 6.07 Å². The molecule has 0 saturated heterocycles. The minimum absolute atomic E-state index is 0.268. The Morgan fingerprint density at radius 3 is 2.78 bits per heavy atom. The largest absolute Gasteiger partial charge is 0.488 e. The number of nitrogens with two attached hydrogens (primary N) is 1. The van der Waals surface area contributed by atoms with Crippen LogP contribution in [0.4, 0.5) is 5.82 Å². The van der Waals surface area contributed by atoms with Crippen molar-refractivity contribution in [1.29, 1.82) is 0 Å². The lowest BCUT2D eigenvalue weighted by Crippen LogP contribution is -1.99. The highest BCUT2D eigenvalue weighted by Gasteiger charge is 2.27. The molecule has 1 saturated carbocycles. The van der Waals surface area contributed by atoms with Crippen LogP contribution in [0, 0.1) is 6.92 Å². The van der Waals surface area contributed by atoms with Crippen molar-refractivity contribution in [3.05, 3.63) is 28.8 Å². The lowest BCUT2D eigenvalue weighted by atomic mass is 10.1. The summed E-state index contributed by atoms with van der Waals surface area (Å²) < 4.78 is 11.0. The maximum absolute atomic E-state index is 6.24. The van der Waals surface area contributed by atoms with Crippen LogP contribution in [0.15, 0.2) is 22.7 Å². The molecule has 1 aromatic heterocycles. The smallest absolute Gasteiger partial charge is 0.172 e. The highest BCUT2D eigenvalue weighted by molar-refractivity contribution is 6.32. The van der Waals surface area contributed by atoms with Gasteiger partial charge in [-0.1, -0.05) is 16.8 Å². The predicted molar refractivity (Wildman–Crippen MR) is 69.7 cm³/mol. The summed E-state index contributed by atoms with van der Waals surface area (Å²) in [5, 5.41) is 4.28. The molecule has 5 heteroatoms. The first-order chi connectivity index (χ1) is 8.63. The van der Waals surface area contributed by atoms with E-state index in [1.807, 2.05) is 19.1 Å². The first-order valence-corrected chi connectivity index (χ1v) is 6.20. The van der Waals surface area contributed by atoms with E-state index in [9.17, 15) is 0 Å².